The molecule has 0 aromatic rings. The Hall–Kier alpha value is -1.85. The molecule has 2 aliphatic rings. The first-order chi connectivity index (χ1) is 6.66. The van der Waals surface area contributed by atoms with Crippen molar-refractivity contribution in [3.8, 4) is 0 Å². The van der Waals surface area contributed by atoms with Gasteiger partial charge in [0.2, 0.25) is 0 Å². The highest BCUT2D eigenvalue weighted by molar-refractivity contribution is 5.95. The van der Waals surface area contributed by atoms with Gasteiger partial charge in [0.05, 0.1) is 6.54 Å². The van der Waals surface area contributed by atoms with Crippen molar-refractivity contribution in [3.05, 3.63) is 12.2 Å². The third-order valence-electron chi connectivity index (χ3n) is 1.93. The Balaban J connectivity index is 2.25. The van der Waals surface area contributed by atoms with Crippen molar-refractivity contribution in [2.45, 2.75) is 12.5 Å². The van der Waals surface area contributed by atoms with E-state index < -0.39 is 23.9 Å². The molecule has 2 heterocycles. The topological polar surface area (TPSA) is 72.9 Å². The van der Waals surface area contributed by atoms with E-state index in [0.29, 0.717) is 6.42 Å². The number of hydrogen-bond donors (Lipinski definition) is 0. The Morgan fingerprint density at radius 1 is 1.21 bits per heavy atom. The van der Waals surface area contributed by atoms with Gasteiger partial charge in [0.15, 0.2) is 6.10 Å². The van der Waals surface area contributed by atoms with Crippen molar-refractivity contribution in [2.75, 3.05) is 6.54 Å². The Bertz CT molecular complexity index is 305. The van der Waals surface area contributed by atoms with Gasteiger partial charge in [-0.1, -0.05) is 0 Å². The molecule has 6 heteroatoms. The summed E-state index contributed by atoms with van der Waals surface area (Å²) in [6, 6.07) is 0. The number of hydrogen-bond acceptors (Lipinski definition) is 5. The molecule has 1 saturated heterocycles. The zero-order chi connectivity index (χ0) is 10.1. The van der Waals surface area contributed by atoms with Crippen LogP contribution < -0.4 is 0 Å². The molecule has 0 spiro atoms. The molecule has 14 heavy (non-hydrogen) atoms. The van der Waals surface area contributed by atoms with E-state index in [1.165, 1.54) is 0 Å². The molecule has 1 unspecified atom stereocenters. The minimum absolute atomic E-state index is 0.260. The molecule has 0 aromatic heterocycles. The van der Waals surface area contributed by atoms with Gasteiger partial charge in [0, 0.05) is 18.6 Å². The molecular weight excluding hydrogens is 190 g/mol. The van der Waals surface area contributed by atoms with Crippen LogP contribution in [-0.2, 0) is 24.0 Å². The first-order valence-corrected chi connectivity index (χ1v) is 4.09. The highest BCUT2D eigenvalue weighted by Crippen LogP contribution is 2.16. The minimum Gasteiger partial charge on any atom is -0.449 e. The first kappa shape index (κ1) is 8.74. The fraction of sp³-hybridized carbons (Fsp3) is 0.375. The number of esters is 1. The lowest BCUT2D eigenvalue weighted by atomic mass is 10.3. The van der Waals surface area contributed by atoms with E-state index in [1.54, 1.807) is 0 Å². The SMILES string of the molecule is O=C1/C=C\C(=O)ON2CCC(O1)C2=O. The van der Waals surface area contributed by atoms with E-state index in [4.69, 9.17) is 4.74 Å². The van der Waals surface area contributed by atoms with Crippen LogP contribution in [0, 0.1) is 0 Å². The standard InChI is InChI=1S/C8H7NO5/c10-6-1-2-7(11)14-9-4-3-5(13-6)8(9)12/h1-2,5H,3-4H2/b2-1-. The summed E-state index contributed by atoms with van der Waals surface area (Å²) in [6.07, 6.45) is 1.40. The number of amides is 1. The van der Waals surface area contributed by atoms with Gasteiger partial charge in [-0.15, -0.1) is 0 Å². The Labute approximate surface area is 79.0 Å². The Morgan fingerprint density at radius 3 is 2.71 bits per heavy atom. The van der Waals surface area contributed by atoms with Crippen LogP contribution in [0.2, 0.25) is 0 Å². The summed E-state index contributed by atoms with van der Waals surface area (Å²) in [6.45, 7) is 0.260. The molecule has 1 amide bonds. The van der Waals surface area contributed by atoms with Gasteiger partial charge in [-0.05, 0) is 0 Å². The summed E-state index contributed by atoms with van der Waals surface area (Å²) in [5.74, 6) is -1.95. The average molecular weight is 197 g/mol. The largest absolute Gasteiger partial charge is 0.449 e. The Morgan fingerprint density at radius 2 is 1.93 bits per heavy atom. The predicted molar refractivity (Wildman–Crippen MR) is 41.4 cm³/mol. The van der Waals surface area contributed by atoms with Gasteiger partial charge >= 0.3 is 11.9 Å². The molecule has 74 valence electrons. The third-order valence-corrected chi connectivity index (χ3v) is 1.93. The normalized spacial score (nSPS) is 28.7. The number of rotatable bonds is 0. The van der Waals surface area contributed by atoms with Crippen molar-refractivity contribution in [1.82, 2.24) is 5.06 Å². The Kier molecular flexibility index (Phi) is 1.95. The quantitative estimate of drug-likeness (QED) is 0.473. The molecule has 2 bridgehead atoms. The van der Waals surface area contributed by atoms with Crippen molar-refractivity contribution >= 4 is 17.8 Å². The highest BCUT2D eigenvalue weighted by atomic mass is 16.7. The maximum Gasteiger partial charge on any atom is 0.356 e. The van der Waals surface area contributed by atoms with Gasteiger partial charge in [-0.25, -0.2) is 9.59 Å². The number of fused-ring (bicyclic) bond motifs is 2. The van der Waals surface area contributed by atoms with Crippen LogP contribution in [0.1, 0.15) is 6.42 Å². The third kappa shape index (κ3) is 1.46. The van der Waals surface area contributed by atoms with Crippen LogP contribution in [0.5, 0.6) is 0 Å². The van der Waals surface area contributed by atoms with Crippen molar-refractivity contribution in [1.29, 1.82) is 0 Å². The fourth-order valence-corrected chi connectivity index (χ4v) is 1.28. The lowest BCUT2D eigenvalue weighted by molar-refractivity contribution is -0.190. The number of ether oxygens (including phenoxy) is 1. The monoisotopic (exact) mass is 197 g/mol. The van der Waals surface area contributed by atoms with Crippen molar-refractivity contribution < 1.29 is 24.0 Å². The van der Waals surface area contributed by atoms with Gasteiger partial charge in [-0.3, -0.25) is 4.79 Å². The number of carbonyl (C=O) groups excluding carboxylic acids is 3. The van der Waals surface area contributed by atoms with Crippen LogP contribution in [0.25, 0.3) is 0 Å². The second kappa shape index (κ2) is 3.13. The molecule has 2 rings (SSSR count). The molecule has 0 N–H and O–H groups in total. The van der Waals surface area contributed by atoms with Gasteiger partial charge < -0.3 is 9.57 Å². The molecule has 0 saturated carbocycles. The number of hydroxylamine groups is 2. The summed E-state index contributed by atoms with van der Waals surface area (Å²) in [7, 11) is 0. The van der Waals surface area contributed by atoms with Crippen LogP contribution in [0.3, 0.4) is 0 Å². The number of carbonyl (C=O) groups is 3. The smallest absolute Gasteiger partial charge is 0.356 e. The lowest BCUT2D eigenvalue weighted by Gasteiger charge is -2.12. The van der Waals surface area contributed by atoms with Crippen LogP contribution in [0.15, 0.2) is 12.2 Å². The van der Waals surface area contributed by atoms with Crippen molar-refractivity contribution in [3.63, 3.8) is 0 Å². The maximum absolute atomic E-state index is 11.3. The van der Waals surface area contributed by atoms with Gasteiger partial charge in [-0.2, -0.15) is 5.06 Å². The van der Waals surface area contributed by atoms with Gasteiger partial charge in [0.25, 0.3) is 5.91 Å². The molecule has 0 radical (unpaired) electrons. The molecular formula is C8H7NO5. The van der Waals surface area contributed by atoms with Crippen molar-refractivity contribution in [2.24, 2.45) is 0 Å². The van der Waals surface area contributed by atoms with E-state index in [9.17, 15) is 14.4 Å². The van der Waals surface area contributed by atoms with E-state index in [0.717, 1.165) is 17.2 Å². The van der Waals surface area contributed by atoms with Crippen LogP contribution >= 0.6 is 0 Å². The fourth-order valence-electron chi connectivity index (χ4n) is 1.28. The van der Waals surface area contributed by atoms with E-state index in [2.05, 4.69) is 4.84 Å². The van der Waals surface area contributed by atoms with Crippen LogP contribution in [0.4, 0.5) is 0 Å². The first-order valence-electron chi connectivity index (χ1n) is 4.09. The molecule has 1 fully saturated rings. The maximum atomic E-state index is 11.3. The average Bonchev–Trinajstić information content (AvgIpc) is 2.48. The second-order valence-electron chi connectivity index (χ2n) is 2.90. The van der Waals surface area contributed by atoms with Gasteiger partial charge in [0.1, 0.15) is 0 Å². The molecule has 0 aliphatic carbocycles. The summed E-state index contributed by atoms with van der Waals surface area (Å²) >= 11 is 0. The second-order valence-corrected chi connectivity index (χ2v) is 2.90. The number of nitrogens with zero attached hydrogens (tertiary/aromatic N) is 1. The van der Waals surface area contributed by atoms with E-state index in [1.807, 2.05) is 0 Å². The van der Waals surface area contributed by atoms with Crippen LogP contribution in [-0.4, -0.2) is 35.6 Å². The highest BCUT2D eigenvalue weighted by Gasteiger charge is 2.37. The zero-order valence-corrected chi connectivity index (χ0v) is 7.13. The summed E-state index contributed by atoms with van der Waals surface area (Å²) in [5.41, 5.74) is 0. The summed E-state index contributed by atoms with van der Waals surface area (Å²) in [5, 5.41) is 0.913. The molecule has 1 atom stereocenters. The zero-order valence-electron chi connectivity index (χ0n) is 7.13. The van der Waals surface area contributed by atoms with E-state index >= 15 is 0 Å². The van der Waals surface area contributed by atoms with E-state index in [-0.39, 0.29) is 6.54 Å². The molecule has 6 nitrogen and oxygen atoms in total. The minimum atomic E-state index is -0.821. The summed E-state index contributed by atoms with van der Waals surface area (Å²) < 4.78 is 4.77. The predicted octanol–water partition coefficient (Wildman–Crippen LogP) is -0.842. The molecule has 2 aliphatic heterocycles. The summed E-state index contributed by atoms with van der Waals surface area (Å²) in [4.78, 5) is 37.9. The lowest BCUT2D eigenvalue weighted by Crippen LogP contribution is -2.32. The molecule has 0 aromatic carbocycles.